The van der Waals surface area contributed by atoms with Crippen LogP contribution >= 0.6 is 0 Å². The number of nitrogens with two attached hydrogens (primary N) is 1. The average molecular weight is 206 g/mol. The molecule has 0 atom stereocenters. The van der Waals surface area contributed by atoms with E-state index in [2.05, 4.69) is 18.3 Å². The SMILES string of the molecule is COc1ccc(C)cc1NCC1(N)CC1. The van der Waals surface area contributed by atoms with Gasteiger partial charge in [0.1, 0.15) is 5.75 Å². The van der Waals surface area contributed by atoms with Gasteiger partial charge in [0.05, 0.1) is 12.8 Å². The van der Waals surface area contributed by atoms with Crippen molar-refractivity contribution in [1.29, 1.82) is 0 Å². The smallest absolute Gasteiger partial charge is 0.141 e. The maximum absolute atomic E-state index is 6.02. The molecule has 0 bridgehead atoms. The molecule has 15 heavy (non-hydrogen) atoms. The Morgan fingerprint density at radius 2 is 2.20 bits per heavy atom. The zero-order chi connectivity index (χ0) is 10.9. The van der Waals surface area contributed by atoms with Crippen molar-refractivity contribution in [2.24, 2.45) is 5.73 Å². The topological polar surface area (TPSA) is 47.3 Å². The van der Waals surface area contributed by atoms with Gasteiger partial charge >= 0.3 is 0 Å². The number of hydrogen-bond acceptors (Lipinski definition) is 3. The van der Waals surface area contributed by atoms with Crippen molar-refractivity contribution in [3.05, 3.63) is 23.8 Å². The molecule has 0 unspecified atom stereocenters. The molecule has 0 radical (unpaired) electrons. The summed E-state index contributed by atoms with van der Waals surface area (Å²) in [5, 5.41) is 3.36. The molecule has 1 aromatic carbocycles. The molecule has 0 aromatic heterocycles. The van der Waals surface area contributed by atoms with E-state index < -0.39 is 0 Å². The summed E-state index contributed by atoms with van der Waals surface area (Å²) in [5.41, 5.74) is 8.30. The van der Waals surface area contributed by atoms with Gasteiger partial charge in [0.25, 0.3) is 0 Å². The minimum Gasteiger partial charge on any atom is -0.495 e. The van der Waals surface area contributed by atoms with Crippen molar-refractivity contribution in [3.8, 4) is 5.75 Å². The summed E-state index contributed by atoms with van der Waals surface area (Å²) in [7, 11) is 1.69. The second-order valence-corrected chi connectivity index (χ2v) is 4.42. The fourth-order valence-corrected chi connectivity index (χ4v) is 1.57. The number of hydrogen-bond donors (Lipinski definition) is 2. The van der Waals surface area contributed by atoms with Gasteiger partial charge in [-0.25, -0.2) is 0 Å². The van der Waals surface area contributed by atoms with E-state index in [0.717, 1.165) is 30.8 Å². The Bertz CT molecular complexity index is 359. The molecule has 3 N–H and O–H groups in total. The molecule has 0 amide bonds. The van der Waals surface area contributed by atoms with Crippen LogP contribution in [0.3, 0.4) is 0 Å². The Hall–Kier alpha value is -1.22. The van der Waals surface area contributed by atoms with Gasteiger partial charge in [-0.2, -0.15) is 0 Å². The van der Waals surface area contributed by atoms with E-state index in [0.29, 0.717) is 0 Å². The van der Waals surface area contributed by atoms with Gasteiger partial charge in [0, 0.05) is 12.1 Å². The maximum atomic E-state index is 6.02. The first-order valence-corrected chi connectivity index (χ1v) is 5.30. The highest BCUT2D eigenvalue weighted by Crippen LogP contribution is 2.33. The summed E-state index contributed by atoms with van der Waals surface area (Å²) in [6, 6.07) is 6.11. The summed E-state index contributed by atoms with van der Waals surface area (Å²) in [4.78, 5) is 0. The molecule has 3 nitrogen and oxygen atoms in total. The minimum atomic E-state index is 0.0226. The third kappa shape index (κ3) is 2.42. The molecule has 82 valence electrons. The molecule has 1 saturated carbocycles. The van der Waals surface area contributed by atoms with E-state index >= 15 is 0 Å². The Labute approximate surface area is 90.6 Å². The van der Waals surface area contributed by atoms with Gasteiger partial charge in [-0.05, 0) is 37.5 Å². The fourth-order valence-electron chi connectivity index (χ4n) is 1.57. The van der Waals surface area contributed by atoms with Crippen molar-refractivity contribution in [2.75, 3.05) is 19.0 Å². The van der Waals surface area contributed by atoms with E-state index in [9.17, 15) is 0 Å². The molecule has 0 saturated heterocycles. The second kappa shape index (κ2) is 3.74. The van der Waals surface area contributed by atoms with Crippen LogP contribution in [0.25, 0.3) is 0 Å². The van der Waals surface area contributed by atoms with Crippen LogP contribution in [0.15, 0.2) is 18.2 Å². The molecular weight excluding hydrogens is 188 g/mol. The predicted octanol–water partition coefficient (Wildman–Crippen LogP) is 1.91. The van der Waals surface area contributed by atoms with Gasteiger partial charge in [0.2, 0.25) is 0 Å². The van der Waals surface area contributed by atoms with Crippen molar-refractivity contribution in [2.45, 2.75) is 25.3 Å². The monoisotopic (exact) mass is 206 g/mol. The lowest BCUT2D eigenvalue weighted by Crippen LogP contribution is -2.31. The Morgan fingerprint density at radius 3 is 2.80 bits per heavy atom. The molecule has 3 heteroatoms. The number of nitrogens with one attached hydrogen (secondary N) is 1. The van der Waals surface area contributed by atoms with E-state index in [1.54, 1.807) is 7.11 Å². The Morgan fingerprint density at radius 1 is 1.47 bits per heavy atom. The van der Waals surface area contributed by atoms with Crippen LogP contribution in [0.5, 0.6) is 5.75 Å². The Balaban J connectivity index is 2.08. The van der Waals surface area contributed by atoms with Gasteiger partial charge in [0.15, 0.2) is 0 Å². The summed E-state index contributed by atoms with van der Waals surface area (Å²) in [5.74, 6) is 0.879. The lowest BCUT2D eigenvalue weighted by atomic mass is 10.2. The maximum Gasteiger partial charge on any atom is 0.141 e. The summed E-state index contributed by atoms with van der Waals surface area (Å²) in [6.07, 6.45) is 2.24. The first-order valence-electron chi connectivity index (χ1n) is 5.30. The fraction of sp³-hybridized carbons (Fsp3) is 0.500. The van der Waals surface area contributed by atoms with Crippen LogP contribution in [0, 0.1) is 6.92 Å². The van der Waals surface area contributed by atoms with Gasteiger partial charge in [-0.3, -0.25) is 0 Å². The molecule has 2 rings (SSSR count). The van der Waals surface area contributed by atoms with Crippen molar-refractivity contribution >= 4 is 5.69 Å². The number of methoxy groups -OCH3 is 1. The van der Waals surface area contributed by atoms with E-state index in [1.807, 2.05) is 12.1 Å². The van der Waals surface area contributed by atoms with Gasteiger partial charge in [-0.15, -0.1) is 0 Å². The molecular formula is C12H18N2O. The summed E-state index contributed by atoms with van der Waals surface area (Å²) < 4.78 is 5.28. The lowest BCUT2D eigenvalue weighted by molar-refractivity contribution is 0.416. The standard InChI is InChI=1S/C12H18N2O/c1-9-3-4-11(15-2)10(7-9)14-8-12(13)5-6-12/h3-4,7,14H,5-6,8,13H2,1-2H3. The van der Waals surface area contributed by atoms with Crippen molar-refractivity contribution in [1.82, 2.24) is 0 Å². The molecule has 1 aromatic rings. The summed E-state index contributed by atoms with van der Waals surface area (Å²) >= 11 is 0. The van der Waals surface area contributed by atoms with Crippen LogP contribution in [0.2, 0.25) is 0 Å². The van der Waals surface area contributed by atoms with E-state index in [4.69, 9.17) is 10.5 Å². The second-order valence-electron chi connectivity index (χ2n) is 4.42. The zero-order valence-corrected chi connectivity index (χ0v) is 9.34. The predicted molar refractivity (Wildman–Crippen MR) is 62.4 cm³/mol. The number of rotatable bonds is 4. The summed E-state index contributed by atoms with van der Waals surface area (Å²) in [6.45, 7) is 2.90. The minimum absolute atomic E-state index is 0.0226. The zero-order valence-electron chi connectivity index (χ0n) is 9.34. The Kier molecular flexibility index (Phi) is 2.57. The molecule has 1 fully saturated rings. The highest BCUT2D eigenvalue weighted by atomic mass is 16.5. The molecule has 0 spiro atoms. The molecule has 1 aliphatic rings. The normalized spacial score (nSPS) is 17.3. The third-order valence-electron chi connectivity index (χ3n) is 2.88. The lowest BCUT2D eigenvalue weighted by Gasteiger charge is -2.15. The van der Waals surface area contributed by atoms with Crippen LogP contribution < -0.4 is 15.8 Å². The van der Waals surface area contributed by atoms with Crippen LogP contribution in [-0.2, 0) is 0 Å². The van der Waals surface area contributed by atoms with Gasteiger partial charge < -0.3 is 15.8 Å². The largest absolute Gasteiger partial charge is 0.495 e. The first kappa shape index (κ1) is 10.3. The number of anilines is 1. The van der Waals surface area contributed by atoms with Crippen LogP contribution in [0.1, 0.15) is 18.4 Å². The van der Waals surface area contributed by atoms with Gasteiger partial charge in [-0.1, -0.05) is 6.07 Å². The van der Waals surface area contributed by atoms with Crippen LogP contribution in [-0.4, -0.2) is 19.2 Å². The van der Waals surface area contributed by atoms with Crippen LogP contribution in [0.4, 0.5) is 5.69 Å². The quantitative estimate of drug-likeness (QED) is 0.791. The number of aryl methyl sites for hydroxylation is 1. The average Bonchev–Trinajstić information content (AvgIpc) is 2.95. The first-order chi connectivity index (χ1) is 7.13. The molecule has 0 aliphatic heterocycles. The highest BCUT2D eigenvalue weighted by molar-refractivity contribution is 5.58. The number of ether oxygens (including phenoxy) is 1. The van der Waals surface area contributed by atoms with Crippen molar-refractivity contribution < 1.29 is 4.74 Å². The number of benzene rings is 1. The van der Waals surface area contributed by atoms with Crippen molar-refractivity contribution in [3.63, 3.8) is 0 Å². The van der Waals surface area contributed by atoms with E-state index in [-0.39, 0.29) is 5.54 Å². The van der Waals surface area contributed by atoms with E-state index in [1.165, 1.54) is 5.56 Å². The highest BCUT2D eigenvalue weighted by Gasteiger charge is 2.37. The third-order valence-corrected chi connectivity index (χ3v) is 2.88. The molecule has 1 aliphatic carbocycles. The molecule has 0 heterocycles.